The summed E-state index contributed by atoms with van der Waals surface area (Å²) in [6.07, 6.45) is 3.46. The Morgan fingerprint density at radius 1 is 1.39 bits per heavy atom. The molecule has 0 bridgehead atoms. The van der Waals surface area contributed by atoms with Gasteiger partial charge in [-0.05, 0) is 29.9 Å². The first-order valence-corrected chi connectivity index (χ1v) is 6.33. The van der Waals surface area contributed by atoms with Crippen molar-refractivity contribution in [3.05, 3.63) is 42.0 Å². The van der Waals surface area contributed by atoms with Gasteiger partial charge in [0.25, 0.3) is 0 Å². The van der Waals surface area contributed by atoms with Gasteiger partial charge in [0.2, 0.25) is 0 Å². The van der Waals surface area contributed by atoms with E-state index in [0.717, 1.165) is 17.5 Å². The van der Waals surface area contributed by atoms with E-state index < -0.39 is 12.0 Å². The minimum atomic E-state index is -0.755. The predicted molar refractivity (Wildman–Crippen MR) is 72.2 cm³/mol. The quantitative estimate of drug-likeness (QED) is 0.861. The Hall–Kier alpha value is -1.61. The highest BCUT2D eigenvalue weighted by atomic mass is 16.4. The van der Waals surface area contributed by atoms with Crippen LogP contribution >= 0.6 is 0 Å². The molecule has 96 valence electrons. The van der Waals surface area contributed by atoms with Crippen molar-refractivity contribution in [1.82, 2.24) is 5.32 Å². The summed E-state index contributed by atoms with van der Waals surface area (Å²) in [5.41, 5.74) is 2.23. The fourth-order valence-electron chi connectivity index (χ4n) is 2.52. The summed E-state index contributed by atoms with van der Waals surface area (Å²) >= 11 is 0. The molecule has 2 rings (SSSR count). The summed E-state index contributed by atoms with van der Waals surface area (Å²) in [7, 11) is 0. The fraction of sp³-hybridized carbons (Fsp3) is 0.400. The van der Waals surface area contributed by atoms with Crippen LogP contribution in [0.4, 0.5) is 0 Å². The van der Waals surface area contributed by atoms with Crippen molar-refractivity contribution in [1.29, 1.82) is 0 Å². The molecule has 0 amide bonds. The second-order valence-electron chi connectivity index (χ2n) is 4.96. The first-order chi connectivity index (χ1) is 8.61. The van der Waals surface area contributed by atoms with Crippen molar-refractivity contribution in [3.8, 4) is 0 Å². The van der Waals surface area contributed by atoms with E-state index >= 15 is 0 Å². The summed E-state index contributed by atoms with van der Waals surface area (Å²) in [5.74, 6) is -0.301. The van der Waals surface area contributed by atoms with E-state index in [-0.39, 0.29) is 6.04 Å². The number of carboxylic acids is 1. The van der Waals surface area contributed by atoms with E-state index in [1.54, 1.807) is 0 Å². The maximum Gasteiger partial charge on any atom is 0.320 e. The van der Waals surface area contributed by atoms with Gasteiger partial charge in [-0.2, -0.15) is 0 Å². The molecule has 1 heterocycles. The largest absolute Gasteiger partial charge is 0.480 e. The molecule has 0 saturated carbocycles. The molecule has 0 aromatic heterocycles. The maximum absolute atomic E-state index is 11.1. The third-order valence-corrected chi connectivity index (χ3v) is 3.69. The Labute approximate surface area is 108 Å². The van der Waals surface area contributed by atoms with Gasteiger partial charge in [-0.15, -0.1) is 0 Å². The number of hydrogen-bond donors (Lipinski definition) is 2. The number of hydrogen-bond acceptors (Lipinski definition) is 2. The SMILES string of the molecule is C=Cc1ccc([C@H]2N[C@@H](C(=O)O)CC[C@@H]2C)cc1. The van der Waals surface area contributed by atoms with Gasteiger partial charge in [0, 0.05) is 6.04 Å². The van der Waals surface area contributed by atoms with Gasteiger partial charge in [-0.1, -0.05) is 43.8 Å². The maximum atomic E-state index is 11.1. The summed E-state index contributed by atoms with van der Waals surface area (Å²) in [5, 5.41) is 12.3. The predicted octanol–water partition coefficient (Wildman–Crippen LogP) is 2.84. The van der Waals surface area contributed by atoms with Gasteiger partial charge < -0.3 is 5.11 Å². The molecule has 1 aromatic rings. The molecular weight excluding hydrogens is 226 g/mol. The van der Waals surface area contributed by atoms with Crippen LogP contribution in [0.15, 0.2) is 30.8 Å². The molecule has 1 aliphatic heterocycles. The lowest BCUT2D eigenvalue weighted by atomic mass is 9.84. The van der Waals surface area contributed by atoms with Gasteiger partial charge in [-0.3, -0.25) is 10.1 Å². The Balaban J connectivity index is 2.18. The second-order valence-corrected chi connectivity index (χ2v) is 4.96. The molecular formula is C15H19NO2. The standard InChI is InChI=1S/C15H19NO2/c1-3-11-5-7-12(8-6-11)14-10(2)4-9-13(16-14)15(17)18/h3,5-8,10,13-14,16H,1,4,9H2,2H3,(H,17,18)/t10-,13+,14-/m0/s1. The van der Waals surface area contributed by atoms with Gasteiger partial charge in [0.15, 0.2) is 0 Å². The molecule has 0 aliphatic carbocycles. The lowest BCUT2D eigenvalue weighted by molar-refractivity contribution is -0.140. The van der Waals surface area contributed by atoms with Crippen LogP contribution in [0.25, 0.3) is 6.08 Å². The van der Waals surface area contributed by atoms with Crippen LogP contribution in [0.2, 0.25) is 0 Å². The highest BCUT2D eigenvalue weighted by molar-refractivity contribution is 5.73. The monoisotopic (exact) mass is 245 g/mol. The first-order valence-electron chi connectivity index (χ1n) is 6.33. The smallest absolute Gasteiger partial charge is 0.320 e. The van der Waals surface area contributed by atoms with Gasteiger partial charge >= 0.3 is 5.97 Å². The summed E-state index contributed by atoms with van der Waals surface area (Å²) in [6, 6.07) is 7.83. The average Bonchev–Trinajstić information content (AvgIpc) is 2.39. The molecule has 0 radical (unpaired) electrons. The second kappa shape index (κ2) is 5.36. The topological polar surface area (TPSA) is 49.3 Å². The number of piperidine rings is 1. The number of carboxylic acid groups (broad SMARTS) is 1. The van der Waals surface area contributed by atoms with Crippen molar-refractivity contribution < 1.29 is 9.90 Å². The molecule has 18 heavy (non-hydrogen) atoms. The van der Waals surface area contributed by atoms with E-state index in [1.165, 1.54) is 0 Å². The van der Waals surface area contributed by atoms with Crippen LogP contribution in [0.5, 0.6) is 0 Å². The molecule has 2 N–H and O–H groups in total. The van der Waals surface area contributed by atoms with Crippen molar-refractivity contribution in [2.75, 3.05) is 0 Å². The van der Waals surface area contributed by atoms with E-state index in [1.807, 2.05) is 18.2 Å². The van der Waals surface area contributed by atoms with Crippen molar-refractivity contribution in [3.63, 3.8) is 0 Å². The Morgan fingerprint density at radius 2 is 2.06 bits per heavy atom. The van der Waals surface area contributed by atoms with Crippen LogP contribution in [0, 0.1) is 5.92 Å². The fourth-order valence-corrected chi connectivity index (χ4v) is 2.52. The molecule has 1 fully saturated rings. The number of carbonyl (C=O) groups is 1. The number of nitrogens with one attached hydrogen (secondary N) is 1. The van der Waals surface area contributed by atoms with Gasteiger partial charge in [-0.25, -0.2) is 0 Å². The van der Waals surface area contributed by atoms with E-state index in [2.05, 4.69) is 31.0 Å². The lowest BCUT2D eigenvalue weighted by Crippen LogP contribution is -2.45. The molecule has 3 atom stereocenters. The zero-order chi connectivity index (χ0) is 13.1. The van der Waals surface area contributed by atoms with E-state index in [4.69, 9.17) is 5.11 Å². The number of aliphatic carboxylic acids is 1. The Bertz CT molecular complexity index is 438. The molecule has 1 saturated heterocycles. The zero-order valence-corrected chi connectivity index (χ0v) is 10.6. The van der Waals surface area contributed by atoms with E-state index in [0.29, 0.717) is 12.3 Å². The van der Waals surface area contributed by atoms with Crippen molar-refractivity contribution >= 4 is 12.0 Å². The molecule has 0 spiro atoms. The Morgan fingerprint density at radius 3 is 2.61 bits per heavy atom. The first kappa shape index (κ1) is 12.8. The highest BCUT2D eigenvalue weighted by Crippen LogP contribution is 2.31. The summed E-state index contributed by atoms with van der Waals surface area (Å²) < 4.78 is 0. The third kappa shape index (κ3) is 2.62. The highest BCUT2D eigenvalue weighted by Gasteiger charge is 2.31. The van der Waals surface area contributed by atoms with Crippen LogP contribution in [0.1, 0.15) is 36.9 Å². The van der Waals surface area contributed by atoms with E-state index in [9.17, 15) is 4.79 Å². The minimum absolute atomic E-state index is 0.124. The van der Waals surface area contributed by atoms with Gasteiger partial charge in [0.05, 0.1) is 0 Å². The van der Waals surface area contributed by atoms with Crippen molar-refractivity contribution in [2.45, 2.75) is 31.8 Å². The van der Waals surface area contributed by atoms with Crippen LogP contribution in [0.3, 0.4) is 0 Å². The minimum Gasteiger partial charge on any atom is -0.480 e. The number of benzene rings is 1. The summed E-state index contributed by atoms with van der Waals surface area (Å²) in [4.78, 5) is 11.1. The molecule has 3 heteroatoms. The zero-order valence-electron chi connectivity index (χ0n) is 10.6. The molecule has 1 aliphatic rings. The van der Waals surface area contributed by atoms with Gasteiger partial charge in [0.1, 0.15) is 6.04 Å². The summed E-state index contributed by atoms with van der Waals surface area (Å²) in [6.45, 7) is 5.89. The van der Waals surface area contributed by atoms with Crippen LogP contribution in [-0.4, -0.2) is 17.1 Å². The third-order valence-electron chi connectivity index (χ3n) is 3.69. The van der Waals surface area contributed by atoms with Crippen molar-refractivity contribution in [2.24, 2.45) is 5.92 Å². The molecule has 1 aromatic carbocycles. The van der Waals surface area contributed by atoms with Crippen LogP contribution < -0.4 is 5.32 Å². The molecule has 3 nitrogen and oxygen atoms in total. The average molecular weight is 245 g/mol. The number of rotatable bonds is 3. The molecule has 0 unspecified atom stereocenters. The normalized spacial score (nSPS) is 27.7. The lowest BCUT2D eigenvalue weighted by Gasteiger charge is -2.34. The van der Waals surface area contributed by atoms with Crippen LogP contribution in [-0.2, 0) is 4.79 Å². The Kier molecular flexibility index (Phi) is 3.82.